The highest BCUT2D eigenvalue weighted by Gasteiger charge is 2.10. The Morgan fingerprint density at radius 3 is 2.27 bits per heavy atom. The molecule has 1 aromatic heterocycles. The second kappa shape index (κ2) is 7.77. The molecule has 7 heteroatoms. The zero-order valence-corrected chi connectivity index (χ0v) is 13.0. The summed E-state index contributed by atoms with van der Waals surface area (Å²) in [5, 5.41) is 6.11. The van der Waals surface area contributed by atoms with E-state index >= 15 is 0 Å². The highest BCUT2D eigenvalue weighted by molar-refractivity contribution is 6.35. The van der Waals surface area contributed by atoms with Crippen molar-refractivity contribution in [2.75, 3.05) is 13.1 Å². The number of nitrogens with zero attached hydrogens (tertiary/aromatic N) is 1. The van der Waals surface area contributed by atoms with Gasteiger partial charge in [-0.25, -0.2) is 0 Å². The van der Waals surface area contributed by atoms with E-state index in [2.05, 4.69) is 15.6 Å². The summed E-state index contributed by atoms with van der Waals surface area (Å²) < 4.78 is 0. The molecule has 0 aliphatic carbocycles. The fourth-order valence-electron chi connectivity index (χ4n) is 1.72. The van der Waals surface area contributed by atoms with Crippen LogP contribution in [0, 0.1) is 0 Å². The minimum Gasteiger partial charge on any atom is -0.350 e. The summed E-state index contributed by atoms with van der Waals surface area (Å²) in [6, 6.07) is 7.88. The molecule has 1 heterocycles. The summed E-state index contributed by atoms with van der Waals surface area (Å²) in [7, 11) is 0. The van der Waals surface area contributed by atoms with Crippen LogP contribution in [0.5, 0.6) is 0 Å². The van der Waals surface area contributed by atoms with Crippen LogP contribution < -0.4 is 10.6 Å². The summed E-state index contributed by atoms with van der Waals surface area (Å²) >= 11 is 11.8. The van der Waals surface area contributed by atoms with Crippen molar-refractivity contribution in [3.8, 4) is 0 Å². The maximum Gasteiger partial charge on any atom is 0.252 e. The number of carbonyl (C=O) groups excluding carboxylic acids is 2. The molecule has 2 rings (SSSR count). The largest absolute Gasteiger partial charge is 0.350 e. The molecule has 5 nitrogen and oxygen atoms in total. The lowest BCUT2D eigenvalue weighted by Crippen LogP contribution is -2.34. The van der Waals surface area contributed by atoms with Crippen molar-refractivity contribution < 1.29 is 9.59 Å². The van der Waals surface area contributed by atoms with Gasteiger partial charge in [0.15, 0.2) is 0 Å². The van der Waals surface area contributed by atoms with Gasteiger partial charge in [-0.15, -0.1) is 0 Å². The van der Waals surface area contributed by atoms with Gasteiger partial charge in [0.25, 0.3) is 11.8 Å². The van der Waals surface area contributed by atoms with E-state index in [0.717, 1.165) is 0 Å². The van der Waals surface area contributed by atoms with Gasteiger partial charge in [0.2, 0.25) is 0 Å². The lowest BCUT2D eigenvalue weighted by atomic mass is 10.2. The predicted molar refractivity (Wildman–Crippen MR) is 85.4 cm³/mol. The number of pyridine rings is 1. The second-order valence-corrected chi connectivity index (χ2v) is 5.22. The molecule has 1 aromatic carbocycles. The maximum absolute atomic E-state index is 12.0. The van der Waals surface area contributed by atoms with E-state index in [1.54, 1.807) is 24.3 Å². The van der Waals surface area contributed by atoms with Gasteiger partial charge in [0.1, 0.15) is 0 Å². The molecular formula is C15H13Cl2N3O2. The van der Waals surface area contributed by atoms with E-state index in [4.69, 9.17) is 23.2 Å². The Hall–Kier alpha value is -2.11. The third-order valence-corrected chi connectivity index (χ3v) is 3.38. The Kier molecular flexibility index (Phi) is 5.75. The SMILES string of the molecule is O=C(NCCNC(=O)c1cc(Cl)ccc1Cl)c1ccncc1. The van der Waals surface area contributed by atoms with Gasteiger partial charge in [-0.3, -0.25) is 14.6 Å². The number of halogens is 2. The van der Waals surface area contributed by atoms with Gasteiger partial charge in [-0.05, 0) is 30.3 Å². The van der Waals surface area contributed by atoms with Crippen LogP contribution in [0.1, 0.15) is 20.7 Å². The van der Waals surface area contributed by atoms with Gasteiger partial charge in [0.05, 0.1) is 10.6 Å². The summed E-state index contributed by atoms with van der Waals surface area (Å²) in [6.45, 7) is 0.573. The number of benzene rings is 1. The molecule has 0 aliphatic rings. The normalized spacial score (nSPS) is 10.1. The Labute approximate surface area is 137 Å². The summed E-state index contributed by atoms with van der Waals surface area (Å²) in [5.41, 5.74) is 0.814. The van der Waals surface area contributed by atoms with Crippen LogP contribution in [0.4, 0.5) is 0 Å². The molecule has 2 amide bonds. The van der Waals surface area contributed by atoms with Gasteiger partial charge >= 0.3 is 0 Å². The highest BCUT2D eigenvalue weighted by Crippen LogP contribution is 2.20. The van der Waals surface area contributed by atoms with E-state index < -0.39 is 0 Å². The topological polar surface area (TPSA) is 71.1 Å². The van der Waals surface area contributed by atoms with E-state index in [1.165, 1.54) is 18.5 Å². The Morgan fingerprint density at radius 1 is 0.955 bits per heavy atom. The molecule has 114 valence electrons. The number of aromatic nitrogens is 1. The van der Waals surface area contributed by atoms with Gasteiger partial charge in [-0.1, -0.05) is 23.2 Å². The number of hydrogen-bond donors (Lipinski definition) is 2. The molecular weight excluding hydrogens is 325 g/mol. The predicted octanol–water partition coefficient (Wildman–Crippen LogP) is 2.55. The van der Waals surface area contributed by atoms with Crippen LogP contribution in [0.2, 0.25) is 10.0 Å². The van der Waals surface area contributed by atoms with E-state index in [9.17, 15) is 9.59 Å². The first-order valence-corrected chi connectivity index (χ1v) is 7.25. The van der Waals surface area contributed by atoms with Crippen molar-refractivity contribution in [3.05, 3.63) is 63.9 Å². The molecule has 0 fully saturated rings. The molecule has 0 saturated heterocycles. The molecule has 0 atom stereocenters. The molecule has 2 aromatic rings. The summed E-state index contributed by atoms with van der Waals surface area (Å²) in [6.07, 6.45) is 3.08. The average Bonchev–Trinajstić information content (AvgIpc) is 2.54. The highest BCUT2D eigenvalue weighted by atomic mass is 35.5. The quantitative estimate of drug-likeness (QED) is 0.823. The number of amides is 2. The third kappa shape index (κ3) is 4.44. The summed E-state index contributed by atoms with van der Waals surface area (Å²) in [4.78, 5) is 27.6. The van der Waals surface area contributed by atoms with Crippen LogP contribution in [-0.4, -0.2) is 29.9 Å². The second-order valence-electron chi connectivity index (χ2n) is 4.37. The van der Waals surface area contributed by atoms with Crippen molar-refractivity contribution in [2.24, 2.45) is 0 Å². The molecule has 22 heavy (non-hydrogen) atoms. The van der Waals surface area contributed by atoms with Crippen molar-refractivity contribution >= 4 is 35.0 Å². The monoisotopic (exact) mass is 337 g/mol. The zero-order valence-electron chi connectivity index (χ0n) is 11.5. The standard InChI is InChI=1S/C15H13Cl2N3O2/c16-11-1-2-13(17)12(9-11)15(22)20-8-7-19-14(21)10-3-5-18-6-4-10/h1-6,9H,7-8H2,(H,19,21)(H,20,22). The molecule has 0 aliphatic heterocycles. The van der Waals surface area contributed by atoms with Crippen molar-refractivity contribution in [3.63, 3.8) is 0 Å². The number of nitrogens with one attached hydrogen (secondary N) is 2. The fourth-order valence-corrected chi connectivity index (χ4v) is 2.10. The first-order valence-electron chi connectivity index (χ1n) is 6.49. The van der Waals surface area contributed by atoms with E-state index in [0.29, 0.717) is 27.7 Å². The van der Waals surface area contributed by atoms with Crippen LogP contribution >= 0.6 is 23.2 Å². The Balaban J connectivity index is 1.80. The Morgan fingerprint density at radius 2 is 1.59 bits per heavy atom. The van der Waals surface area contributed by atoms with Crippen molar-refractivity contribution in [1.82, 2.24) is 15.6 Å². The van der Waals surface area contributed by atoms with Crippen LogP contribution in [0.3, 0.4) is 0 Å². The van der Waals surface area contributed by atoms with E-state index in [1.807, 2.05) is 0 Å². The maximum atomic E-state index is 12.0. The first-order chi connectivity index (χ1) is 10.6. The Bertz CT molecular complexity index is 678. The van der Waals surface area contributed by atoms with Gasteiger partial charge in [0, 0.05) is 36.1 Å². The smallest absolute Gasteiger partial charge is 0.252 e. The minimum absolute atomic E-state index is 0.225. The van der Waals surface area contributed by atoms with Crippen molar-refractivity contribution in [1.29, 1.82) is 0 Å². The van der Waals surface area contributed by atoms with Crippen LogP contribution in [-0.2, 0) is 0 Å². The van der Waals surface area contributed by atoms with Crippen LogP contribution in [0.25, 0.3) is 0 Å². The van der Waals surface area contributed by atoms with Crippen LogP contribution in [0.15, 0.2) is 42.7 Å². The lowest BCUT2D eigenvalue weighted by molar-refractivity contribution is 0.0927. The number of carbonyl (C=O) groups is 2. The molecule has 0 bridgehead atoms. The molecule has 0 radical (unpaired) electrons. The fraction of sp³-hybridized carbons (Fsp3) is 0.133. The zero-order chi connectivity index (χ0) is 15.9. The minimum atomic E-state index is -0.342. The lowest BCUT2D eigenvalue weighted by Gasteiger charge is -2.08. The molecule has 0 unspecified atom stereocenters. The molecule has 0 saturated carbocycles. The average molecular weight is 338 g/mol. The number of hydrogen-bond acceptors (Lipinski definition) is 3. The van der Waals surface area contributed by atoms with Gasteiger partial charge in [-0.2, -0.15) is 0 Å². The number of rotatable bonds is 5. The first kappa shape index (κ1) is 16.3. The van der Waals surface area contributed by atoms with E-state index in [-0.39, 0.29) is 18.4 Å². The summed E-state index contributed by atoms with van der Waals surface area (Å²) in [5.74, 6) is -0.567. The van der Waals surface area contributed by atoms with Gasteiger partial charge < -0.3 is 10.6 Å². The third-order valence-electron chi connectivity index (χ3n) is 2.81. The molecule has 0 spiro atoms. The molecule has 2 N–H and O–H groups in total. The van der Waals surface area contributed by atoms with Crippen molar-refractivity contribution in [2.45, 2.75) is 0 Å².